The maximum absolute atomic E-state index is 6.07. The van der Waals surface area contributed by atoms with Gasteiger partial charge in [0.25, 0.3) is 0 Å². The van der Waals surface area contributed by atoms with Gasteiger partial charge in [0.1, 0.15) is 0 Å². The molecular weight excluding hydrogens is 244 g/mol. The van der Waals surface area contributed by atoms with Crippen molar-refractivity contribution in [3.05, 3.63) is 0 Å². The van der Waals surface area contributed by atoms with E-state index in [9.17, 15) is 0 Å². The van der Waals surface area contributed by atoms with E-state index in [2.05, 4.69) is 46.6 Å². The predicted octanol–water partition coefficient (Wildman–Crippen LogP) is 4.29. The Bertz CT molecular complexity index is 271. The molecule has 0 aromatic heterocycles. The fraction of sp³-hybridized carbons (Fsp3) is 1.00. The largest absolute Gasteiger partial charge is 0.330 e. The van der Waals surface area contributed by atoms with E-state index < -0.39 is 0 Å². The normalized spacial score (nSPS) is 28.4. The second kappa shape index (κ2) is 7.79. The van der Waals surface area contributed by atoms with Crippen LogP contribution in [0.4, 0.5) is 0 Å². The molecule has 0 saturated heterocycles. The van der Waals surface area contributed by atoms with Crippen LogP contribution in [0.15, 0.2) is 0 Å². The minimum absolute atomic E-state index is 0.479. The zero-order valence-electron chi connectivity index (χ0n) is 14.8. The van der Waals surface area contributed by atoms with Gasteiger partial charge in [-0.05, 0) is 62.9 Å². The molecule has 3 atom stereocenters. The van der Waals surface area contributed by atoms with Crippen LogP contribution in [0.3, 0.4) is 0 Å². The summed E-state index contributed by atoms with van der Waals surface area (Å²) in [6, 6.07) is 1.41. The van der Waals surface area contributed by atoms with E-state index in [1.807, 2.05) is 0 Å². The smallest absolute Gasteiger partial charge is 0.0138 e. The lowest BCUT2D eigenvalue weighted by molar-refractivity contribution is 0.0281. The summed E-state index contributed by atoms with van der Waals surface area (Å²) in [4.78, 5) is 2.66. The van der Waals surface area contributed by atoms with Gasteiger partial charge in [0.15, 0.2) is 0 Å². The Hall–Kier alpha value is -0.0800. The Balaban J connectivity index is 2.83. The molecular formula is C18H38N2. The fourth-order valence-corrected chi connectivity index (χ4v) is 4.12. The molecule has 0 bridgehead atoms. The van der Waals surface area contributed by atoms with Crippen LogP contribution in [0.25, 0.3) is 0 Å². The lowest BCUT2D eigenvalue weighted by atomic mass is 9.65. The van der Waals surface area contributed by atoms with Crippen molar-refractivity contribution in [1.29, 1.82) is 0 Å². The Kier molecular flexibility index (Phi) is 7.00. The number of nitrogens with two attached hydrogens (primary N) is 1. The van der Waals surface area contributed by atoms with Crippen LogP contribution in [-0.4, -0.2) is 30.6 Å². The Labute approximate surface area is 127 Å². The first kappa shape index (κ1) is 18.0. The molecule has 1 saturated carbocycles. The highest BCUT2D eigenvalue weighted by atomic mass is 15.2. The lowest BCUT2D eigenvalue weighted by Crippen LogP contribution is -2.50. The van der Waals surface area contributed by atoms with E-state index in [0.717, 1.165) is 18.5 Å². The Morgan fingerprint density at radius 2 is 1.75 bits per heavy atom. The van der Waals surface area contributed by atoms with Gasteiger partial charge in [-0.1, -0.05) is 41.0 Å². The summed E-state index contributed by atoms with van der Waals surface area (Å²) in [5.74, 6) is 1.56. The first-order valence-corrected chi connectivity index (χ1v) is 8.83. The van der Waals surface area contributed by atoms with Gasteiger partial charge >= 0.3 is 0 Å². The van der Waals surface area contributed by atoms with Crippen LogP contribution in [0.2, 0.25) is 0 Å². The Morgan fingerprint density at radius 3 is 2.20 bits per heavy atom. The molecule has 0 spiro atoms. The fourth-order valence-electron chi connectivity index (χ4n) is 4.12. The van der Waals surface area contributed by atoms with Gasteiger partial charge in [-0.25, -0.2) is 0 Å². The first-order valence-electron chi connectivity index (χ1n) is 8.83. The molecule has 0 heterocycles. The molecule has 120 valence electrons. The molecule has 0 aromatic rings. The number of hydrogen-bond acceptors (Lipinski definition) is 2. The van der Waals surface area contributed by atoms with Gasteiger partial charge < -0.3 is 10.6 Å². The first-order chi connectivity index (χ1) is 9.41. The zero-order valence-corrected chi connectivity index (χ0v) is 14.8. The van der Waals surface area contributed by atoms with E-state index in [4.69, 9.17) is 5.73 Å². The molecule has 2 N–H and O–H groups in total. The maximum Gasteiger partial charge on any atom is 0.0138 e. The molecule has 3 unspecified atom stereocenters. The van der Waals surface area contributed by atoms with E-state index in [-0.39, 0.29) is 0 Å². The highest BCUT2D eigenvalue weighted by Crippen LogP contribution is 2.43. The third kappa shape index (κ3) is 3.98. The number of rotatable bonds is 7. The second-order valence-corrected chi connectivity index (χ2v) is 7.55. The highest BCUT2D eigenvalue weighted by molar-refractivity contribution is 4.92. The van der Waals surface area contributed by atoms with Gasteiger partial charge in [0, 0.05) is 12.1 Å². The second-order valence-electron chi connectivity index (χ2n) is 7.55. The predicted molar refractivity (Wildman–Crippen MR) is 89.9 cm³/mol. The summed E-state index contributed by atoms with van der Waals surface area (Å²) in [6.07, 6.45) is 7.82. The van der Waals surface area contributed by atoms with Crippen molar-refractivity contribution in [2.75, 3.05) is 13.6 Å². The van der Waals surface area contributed by atoms with Gasteiger partial charge in [0.2, 0.25) is 0 Å². The van der Waals surface area contributed by atoms with Crippen molar-refractivity contribution in [2.24, 2.45) is 23.0 Å². The highest BCUT2D eigenvalue weighted by Gasteiger charge is 2.39. The summed E-state index contributed by atoms with van der Waals surface area (Å²) in [5.41, 5.74) is 6.55. The van der Waals surface area contributed by atoms with Crippen molar-refractivity contribution in [1.82, 2.24) is 4.90 Å². The van der Waals surface area contributed by atoms with Crippen molar-refractivity contribution >= 4 is 0 Å². The molecule has 1 rings (SSSR count). The molecule has 1 aliphatic rings. The van der Waals surface area contributed by atoms with Crippen LogP contribution in [0.5, 0.6) is 0 Å². The van der Waals surface area contributed by atoms with Crippen molar-refractivity contribution < 1.29 is 0 Å². The average molecular weight is 283 g/mol. The minimum atomic E-state index is 0.479. The number of hydrogen-bond donors (Lipinski definition) is 1. The van der Waals surface area contributed by atoms with Gasteiger partial charge in [-0.2, -0.15) is 0 Å². The standard InChI is InChI=1S/C18H38N2/c1-7-16(8-2)20(6)17-12-15(18(4,5)9-3)11-10-14(17)13-19/h14-17H,7-13,19H2,1-6H3. The van der Waals surface area contributed by atoms with Crippen LogP contribution in [-0.2, 0) is 0 Å². The van der Waals surface area contributed by atoms with E-state index in [1.165, 1.54) is 38.5 Å². The van der Waals surface area contributed by atoms with Crippen LogP contribution in [0.1, 0.15) is 73.1 Å². The van der Waals surface area contributed by atoms with E-state index >= 15 is 0 Å². The van der Waals surface area contributed by atoms with Crippen molar-refractivity contribution in [2.45, 2.75) is 85.2 Å². The molecule has 2 nitrogen and oxygen atoms in total. The average Bonchev–Trinajstić information content (AvgIpc) is 2.47. The van der Waals surface area contributed by atoms with Crippen LogP contribution in [0, 0.1) is 17.3 Å². The summed E-state index contributed by atoms with van der Waals surface area (Å²) in [7, 11) is 2.34. The molecule has 2 heteroatoms. The molecule has 1 fully saturated rings. The topological polar surface area (TPSA) is 29.3 Å². The molecule has 0 aliphatic heterocycles. The van der Waals surface area contributed by atoms with Crippen molar-refractivity contribution in [3.63, 3.8) is 0 Å². The summed E-state index contributed by atoms with van der Waals surface area (Å²) < 4.78 is 0. The molecule has 0 aromatic carbocycles. The minimum Gasteiger partial charge on any atom is -0.330 e. The summed E-state index contributed by atoms with van der Waals surface area (Å²) in [5, 5.41) is 0. The molecule has 20 heavy (non-hydrogen) atoms. The van der Waals surface area contributed by atoms with Crippen molar-refractivity contribution in [3.8, 4) is 0 Å². The van der Waals surface area contributed by atoms with E-state index in [1.54, 1.807) is 0 Å². The van der Waals surface area contributed by atoms with Gasteiger partial charge in [-0.15, -0.1) is 0 Å². The summed E-state index contributed by atoms with van der Waals surface area (Å²) >= 11 is 0. The third-order valence-corrected chi connectivity index (χ3v) is 6.32. The van der Waals surface area contributed by atoms with Crippen LogP contribution >= 0.6 is 0 Å². The SMILES string of the molecule is CCC(CC)N(C)C1CC(C(C)(C)CC)CCC1CN. The molecule has 0 amide bonds. The van der Waals surface area contributed by atoms with E-state index in [0.29, 0.717) is 17.4 Å². The van der Waals surface area contributed by atoms with Gasteiger partial charge in [-0.3, -0.25) is 0 Å². The zero-order chi connectivity index (χ0) is 15.3. The van der Waals surface area contributed by atoms with Gasteiger partial charge in [0.05, 0.1) is 0 Å². The number of nitrogens with zero attached hydrogens (tertiary/aromatic N) is 1. The third-order valence-electron chi connectivity index (χ3n) is 6.32. The lowest BCUT2D eigenvalue weighted by Gasteiger charge is -2.47. The van der Waals surface area contributed by atoms with Crippen LogP contribution < -0.4 is 5.73 Å². The summed E-state index contributed by atoms with van der Waals surface area (Å²) in [6.45, 7) is 12.7. The Morgan fingerprint density at radius 1 is 1.15 bits per heavy atom. The quantitative estimate of drug-likeness (QED) is 0.755. The maximum atomic E-state index is 6.07. The molecule has 1 aliphatic carbocycles. The molecule has 0 radical (unpaired) electrons. The monoisotopic (exact) mass is 282 g/mol.